The zero-order chi connectivity index (χ0) is 20.8. The van der Waals surface area contributed by atoms with Gasteiger partial charge in [0, 0.05) is 0 Å². The average Bonchev–Trinajstić information content (AvgIpc) is 2.76. The molecule has 7 nitrogen and oxygen atoms in total. The first-order valence-corrected chi connectivity index (χ1v) is 8.67. The molecule has 29 heavy (non-hydrogen) atoms. The summed E-state index contributed by atoms with van der Waals surface area (Å²) in [5.74, 6) is -0.287. The standard InChI is InChI=1S/C22H18N2O5/c1-27-19-6-4-3-5-18(19)24-22(26)17-10-16-9-14(12-23)7-8-15(16)11-20(17)29-13-21(25)28-2/h3-11H,13H2,1-2H3,(H,24,26). The normalized spacial score (nSPS) is 10.1. The van der Waals surface area contributed by atoms with Crippen LogP contribution in [0.4, 0.5) is 5.69 Å². The van der Waals surface area contributed by atoms with Crippen molar-refractivity contribution in [1.29, 1.82) is 5.26 Å². The molecule has 0 aliphatic carbocycles. The van der Waals surface area contributed by atoms with Gasteiger partial charge in [0.1, 0.15) is 11.5 Å². The minimum atomic E-state index is -0.569. The van der Waals surface area contributed by atoms with Crippen LogP contribution >= 0.6 is 0 Å². The van der Waals surface area contributed by atoms with Crippen molar-refractivity contribution in [3.63, 3.8) is 0 Å². The Labute approximate surface area is 167 Å². The number of nitriles is 1. The summed E-state index contributed by atoms with van der Waals surface area (Å²) in [4.78, 5) is 24.5. The Morgan fingerprint density at radius 1 is 1.00 bits per heavy atom. The van der Waals surface area contributed by atoms with E-state index in [1.54, 1.807) is 54.6 Å². The van der Waals surface area contributed by atoms with E-state index in [2.05, 4.69) is 16.1 Å². The lowest BCUT2D eigenvalue weighted by Gasteiger charge is -2.14. The van der Waals surface area contributed by atoms with Crippen molar-refractivity contribution in [2.75, 3.05) is 26.1 Å². The third-order valence-corrected chi connectivity index (χ3v) is 4.24. The topological polar surface area (TPSA) is 97.7 Å². The van der Waals surface area contributed by atoms with Crippen LogP contribution in [0.25, 0.3) is 10.8 Å². The molecule has 0 heterocycles. The smallest absolute Gasteiger partial charge is 0.343 e. The molecule has 0 fully saturated rings. The number of benzene rings is 3. The highest BCUT2D eigenvalue weighted by Crippen LogP contribution is 2.29. The lowest BCUT2D eigenvalue weighted by atomic mass is 10.0. The fraction of sp³-hybridized carbons (Fsp3) is 0.136. The highest BCUT2D eigenvalue weighted by atomic mass is 16.6. The van der Waals surface area contributed by atoms with Gasteiger partial charge in [0.2, 0.25) is 0 Å². The van der Waals surface area contributed by atoms with Gasteiger partial charge in [-0.2, -0.15) is 5.26 Å². The molecule has 0 saturated carbocycles. The summed E-state index contributed by atoms with van der Waals surface area (Å²) in [6, 6.07) is 17.4. The molecule has 3 aromatic rings. The van der Waals surface area contributed by atoms with Crippen molar-refractivity contribution in [3.05, 3.63) is 65.7 Å². The number of hydrogen-bond acceptors (Lipinski definition) is 6. The van der Waals surface area contributed by atoms with Crippen molar-refractivity contribution < 1.29 is 23.8 Å². The summed E-state index contributed by atoms with van der Waals surface area (Å²) in [6.45, 7) is -0.340. The van der Waals surface area contributed by atoms with Crippen LogP contribution in [0.2, 0.25) is 0 Å². The van der Waals surface area contributed by atoms with Gasteiger partial charge in [0.05, 0.1) is 37.1 Å². The van der Waals surface area contributed by atoms with Crippen LogP contribution in [0.5, 0.6) is 11.5 Å². The van der Waals surface area contributed by atoms with Gasteiger partial charge in [-0.3, -0.25) is 4.79 Å². The number of esters is 1. The van der Waals surface area contributed by atoms with E-state index in [-0.39, 0.29) is 17.9 Å². The fourth-order valence-electron chi connectivity index (χ4n) is 2.78. The maximum Gasteiger partial charge on any atom is 0.343 e. The zero-order valence-electron chi connectivity index (χ0n) is 15.9. The second-order valence-corrected chi connectivity index (χ2v) is 6.04. The minimum Gasteiger partial charge on any atom is -0.495 e. The first-order chi connectivity index (χ1) is 14.0. The highest BCUT2D eigenvalue weighted by Gasteiger charge is 2.17. The molecule has 1 N–H and O–H groups in total. The molecule has 0 saturated heterocycles. The minimum absolute atomic E-state index is 0.211. The van der Waals surface area contributed by atoms with Crippen LogP contribution < -0.4 is 14.8 Å². The van der Waals surface area contributed by atoms with Crippen LogP contribution in [0.15, 0.2) is 54.6 Å². The summed E-state index contributed by atoms with van der Waals surface area (Å²) in [6.07, 6.45) is 0. The van der Waals surface area contributed by atoms with Crippen molar-refractivity contribution in [2.24, 2.45) is 0 Å². The van der Waals surface area contributed by atoms with E-state index in [0.29, 0.717) is 22.4 Å². The van der Waals surface area contributed by atoms with Crippen molar-refractivity contribution in [1.82, 2.24) is 0 Å². The molecule has 7 heteroatoms. The third-order valence-electron chi connectivity index (χ3n) is 4.24. The summed E-state index contributed by atoms with van der Waals surface area (Å²) < 4.78 is 15.4. The Morgan fingerprint density at radius 3 is 2.52 bits per heavy atom. The SMILES string of the molecule is COC(=O)COc1cc2ccc(C#N)cc2cc1C(=O)Nc1ccccc1OC. The van der Waals surface area contributed by atoms with Gasteiger partial charge in [0.15, 0.2) is 6.61 Å². The van der Waals surface area contributed by atoms with Gasteiger partial charge in [-0.15, -0.1) is 0 Å². The van der Waals surface area contributed by atoms with Crippen LogP contribution in [0.1, 0.15) is 15.9 Å². The number of hydrogen-bond donors (Lipinski definition) is 1. The van der Waals surface area contributed by atoms with Crippen LogP contribution in [0, 0.1) is 11.3 Å². The number of anilines is 1. The number of nitrogens with zero attached hydrogens (tertiary/aromatic N) is 1. The van der Waals surface area contributed by atoms with Gasteiger partial charge in [0.25, 0.3) is 5.91 Å². The second-order valence-electron chi connectivity index (χ2n) is 6.04. The number of amides is 1. The molecule has 0 atom stereocenters. The summed E-state index contributed by atoms with van der Waals surface area (Å²) in [5.41, 5.74) is 1.17. The zero-order valence-corrected chi connectivity index (χ0v) is 15.9. The van der Waals surface area contributed by atoms with E-state index in [1.807, 2.05) is 0 Å². The van der Waals surface area contributed by atoms with Crippen LogP contribution in [-0.4, -0.2) is 32.7 Å². The van der Waals surface area contributed by atoms with E-state index >= 15 is 0 Å². The lowest BCUT2D eigenvalue weighted by Crippen LogP contribution is -2.17. The maximum absolute atomic E-state index is 13.0. The largest absolute Gasteiger partial charge is 0.495 e. The molecular weight excluding hydrogens is 372 g/mol. The Morgan fingerprint density at radius 2 is 1.79 bits per heavy atom. The molecule has 0 spiro atoms. The molecule has 0 unspecified atom stereocenters. The Hall–Kier alpha value is -4.05. The number of para-hydroxylation sites is 2. The molecular formula is C22H18N2O5. The van der Waals surface area contributed by atoms with E-state index in [1.165, 1.54) is 14.2 Å². The third kappa shape index (κ3) is 4.45. The average molecular weight is 390 g/mol. The molecule has 0 aromatic heterocycles. The first kappa shape index (κ1) is 19.7. The van der Waals surface area contributed by atoms with E-state index in [9.17, 15) is 9.59 Å². The summed E-state index contributed by atoms with van der Waals surface area (Å²) in [5, 5.41) is 13.4. The molecule has 1 amide bonds. The van der Waals surface area contributed by atoms with Gasteiger partial charge < -0.3 is 19.5 Å². The van der Waals surface area contributed by atoms with Gasteiger partial charge >= 0.3 is 5.97 Å². The Bertz CT molecular complexity index is 1120. The van der Waals surface area contributed by atoms with E-state index in [0.717, 1.165) is 5.39 Å². The molecule has 0 aliphatic heterocycles. The Balaban J connectivity index is 2.02. The number of rotatable bonds is 6. The molecule has 0 radical (unpaired) electrons. The quantitative estimate of drug-likeness (QED) is 0.647. The second kappa shape index (κ2) is 8.76. The highest BCUT2D eigenvalue weighted by molar-refractivity contribution is 6.09. The number of ether oxygens (including phenoxy) is 3. The van der Waals surface area contributed by atoms with Gasteiger partial charge in [-0.25, -0.2) is 4.79 Å². The van der Waals surface area contributed by atoms with Crippen molar-refractivity contribution in [3.8, 4) is 17.6 Å². The number of nitrogens with one attached hydrogen (secondary N) is 1. The van der Waals surface area contributed by atoms with E-state index < -0.39 is 11.9 Å². The predicted octanol–water partition coefficient (Wildman–Crippen LogP) is 3.52. The van der Waals surface area contributed by atoms with Crippen molar-refractivity contribution in [2.45, 2.75) is 0 Å². The number of methoxy groups -OCH3 is 2. The molecule has 3 aromatic carbocycles. The van der Waals surface area contributed by atoms with Crippen LogP contribution in [0.3, 0.4) is 0 Å². The molecule has 0 bridgehead atoms. The predicted molar refractivity (Wildman–Crippen MR) is 107 cm³/mol. The van der Waals surface area contributed by atoms with Crippen LogP contribution in [-0.2, 0) is 9.53 Å². The Kier molecular flexibility index (Phi) is 5.95. The lowest BCUT2D eigenvalue weighted by molar-refractivity contribution is -0.142. The van der Waals surface area contributed by atoms with Crippen molar-refractivity contribution >= 4 is 28.3 Å². The van der Waals surface area contributed by atoms with E-state index in [4.69, 9.17) is 14.7 Å². The monoisotopic (exact) mass is 390 g/mol. The maximum atomic E-state index is 13.0. The molecule has 146 valence electrons. The molecule has 3 rings (SSSR count). The summed E-state index contributed by atoms with van der Waals surface area (Å²) >= 11 is 0. The van der Waals surface area contributed by atoms with Gasteiger partial charge in [-0.05, 0) is 47.2 Å². The number of carbonyl (C=O) groups is 2. The fourth-order valence-corrected chi connectivity index (χ4v) is 2.78. The molecule has 0 aliphatic rings. The first-order valence-electron chi connectivity index (χ1n) is 8.67. The number of fused-ring (bicyclic) bond motifs is 1. The van der Waals surface area contributed by atoms with Gasteiger partial charge in [-0.1, -0.05) is 18.2 Å². The summed E-state index contributed by atoms with van der Waals surface area (Å²) in [7, 11) is 2.76. The number of carbonyl (C=O) groups excluding carboxylic acids is 2.